The first kappa shape index (κ1) is 21.4. The van der Waals surface area contributed by atoms with E-state index < -0.39 is 38.9 Å². The van der Waals surface area contributed by atoms with Gasteiger partial charge in [0.05, 0.1) is 6.61 Å². The van der Waals surface area contributed by atoms with Gasteiger partial charge in [0, 0.05) is 0 Å². The Morgan fingerprint density at radius 3 is 2.41 bits per heavy atom. The van der Waals surface area contributed by atoms with E-state index in [1.54, 1.807) is 6.92 Å². The van der Waals surface area contributed by atoms with Crippen molar-refractivity contribution in [1.29, 1.82) is 0 Å². The molecule has 0 amide bonds. The minimum absolute atomic E-state index is 0.0165. The van der Waals surface area contributed by atoms with Crippen LogP contribution in [0.2, 0.25) is 18.1 Å². The molecular formula is C21H30O5Si. The van der Waals surface area contributed by atoms with E-state index in [9.17, 15) is 9.59 Å². The van der Waals surface area contributed by atoms with Gasteiger partial charge in [-0.05, 0) is 42.3 Å². The maximum absolute atomic E-state index is 12.2. The Labute approximate surface area is 162 Å². The summed E-state index contributed by atoms with van der Waals surface area (Å²) in [6.07, 6.45) is 2.41. The molecule has 1 aliphatic carbocycles. The van der Waals surface area contributed by atoms with Gasteiger partial charge in [0.15, 0.2) is 8.32 Å². The highest BCUT2D eigenvalue weighted by Gasteiger charge is 2.42. The molecule has 0 fully saturated rings. The third kappa shape index (κ3) is 5.29. The Hall–Kier alpha value is -1.92. The fourth-order valence-corrected chi connectivity index (χ4v) is 3.90. The first-order chi connectivity index (χ1) is 12.5. The lowest BCUT2D eigenvalue weighted by Crippen LogP contribution is -2.45. The minimum atomic E-state index is -2.12. The van der Waals surface area contributed by atoms with Crippen molar-refractivity contribution in [2.45, 2.75) is 64.5 Å². The summed E-state index contributed by atoms with van der Waals surface area (Å²) in [6, 6.07) is 7.95. The topological polar surface area (TPSA) is 61.8 Å². The van der Waals surface area contributed by atoms with E-state index in [1.165, 1.54) is 0 Å². The van der Waals surface area contributed by atoms with Gasteiger partial charge in [0.1, 0.15) is 18.6 Å². The summed E-state index contributed by atoms with van der Waals surface area (Å²) in [6.45, 7) is 12.8. The number of hydrogen-bond acceptors (Lipinski definition) is 5. The van der Waals surface area contributed by atoms with Gasteiger partial charge in [-0.25, -0.2) is 0 Å². The van der Waals surface area contributed by atoms with Crippen LogP contribution in [0.3, 0.4) is 0 Å². The molecular weight excluding hydrogens is 360 g/mol. The predicted molar refractivity (Wildman–Crippen MR) is 108 cm³/mol. The number of fused-ring (bicyclic) bond motifs is 1. The van der Waals surface area contributed by atoms with Crippen molar-refractivity contribution in [2.75, 3.05) is 6.61 Å². The molecule has 5 nitrogen and oxygen atoms in total. The van der Waals surface area contributed by atoms with Crippen LogP contribution >= 0.6 is 0 Å². The molecule has 0 aliphatic heterocycles. The fourth-order valence-electron chi connectivity index (χ4n) is 2.65. The number of rotatable bonds is 6. The van der Waals surface area contributed by atoms with Crippen LogP contribution in [0, 0.1) is 0 Å². The van der Waals surface area contributed by atoms with Gasteiger partial charge in [-0.15, -0.1) is 0 Å². The monoisotopic (exact) mass is 390 g/mol. The first-order valence-electron chi connectivity index (χ1n) is 9.35. The molecule has 0 aromatic heterocycles. The van der Waals surface area contributed by atoms with E-state index in [-0.39, 0.29) is 11.6 Å². The second kappa shape index (κ2) is 8.40. The fraction of sp³-hybridized carbons (Fsp3) is 0.524. The van der Waals surface area contributed by atoms with E-state index in [0.29, 0.717) is 0 Å². The van der Waals surface area contributed by atoms with E-state index >= 15 is 0 Å². The largest absolute Gasteiger partial charge is 0.466 e. The zero-order valence-electron chi connectivity index (χ0n) is 17.1. The summed E-state index contributed by atoms with van der Waals surface area (Å²) < 4.78 is 17.1. The van der Waals surface area contributed by atoms with Crippen LogP contribution in [0.15, 0.2) is 30.3 Å². The van der Waals surface area contributed by atoms with Crippen LogP contribution < -0.4 is 0 Å². The van der Waals surface area contributed by atoms with Gasteiger partial charge in [0.25, 0.3) is 0 Å². The van der Waals surface area contributed by atoms with Gasteiger partial charge < -0.3 is 13.9 Å². The van der Waals surface area contributed by atoms with Crippen molar-refractivity contribution in [3.8, 4) is 0 Å². The molecule has 1 aromatic rings. The minimum Gasteiger partial charge on any atom is -0.466 e. The highest BCUT2D eigenvalue weighted by molar-refractivity contribution is 6.74. The highest BCUT2D eigenvalue weighted by Crippen LogP contribution is 2.43. The third-order valence-corrected chi connectivity index (χ3v) is 9.61. The van der Waals surface area contributed by atoms with Crippen molar-refractivity contribution in [2.24, 2.45) is 0 Å². The lowest BCUT2D eigenvalue weighted by Gasteiger charge is -2.42. The van der Waals surface area contributed by atoms with Gasteiger partial charge in [-0.3, -0.25) is 9.59 Å². The molecule has 6 heteroatoms. The number of esters is 2. The van der Waals surface area contributed by atoms with Crippen molar-refractivity contribution >= 4 is 26.3 Å². The molecule has 0 saturated carbocycles. The smallest absolute Gasteiger partial charge is 0.317 e. The van der Waals surface area contributed by atoms with Crippen LogP contribution in [0.4, 0.5) is 0 Å². The average Bonchev–Trinajstić information content (AvgIpc) is 2.56. The number of carbonyl (C=O) groups is 2. The molecule has 148 valence electrons. The van der Waals surface area contributed by atoms with E-state index in [2.05, 4.69) is 33.9 Å². The lowest BCUT2D eigenvalue weighted by atomic mass is 9.93. The Kier molecular flexibility index (Phi) is 6.65. The van der Waals surface area contributed by atoms with Crippen molar-refractivity contribution < 1.29 is 23.5 Å². The van der Waals surface area contributed by atoms with E-state index in [0.717, 1.165) is 11.1 Å². The molecule has 2 rings (SSSR count). The Morgan fingerprint density at radius 1 is 1.11 bits per heavy atom. The molecule has 0 bridgehead atoms. The lowest BCUT2D eigenvalue weighted by molar-refractivity contribution is -0.159. The zero-order valence-corrected chi connectivity index (χ0v) is 18.1. The van der Waals surface area contributed by atoms with Crippen LogP contribution in [0.5, 0.6) is 0 Å². The van der Waals surface area contributed by atoms with Crippen molar-refractivity contribution in [1.82, 2.24) is 0 Å². The predicted octanol–water partition coefficient (Wildman–Crippen LogP) is 4.64. The van der Waals surface area contributed by atoms with Gasteiger partial charge in [-0.2, -0.15) is 0 Å². The van der Waals surface area contributed by atoms with E-state index in [1.807, 2.05) is 36.4 Å². The van der Waals surface area contributed by atoms with E-state index in [4.69, 9.17) is 13.9 Å². The Balaban J connectivity index is 2.25. The standard InChI is InChI=1S/C21H30O5Si/c1-7-24-18(22)14-19(23)25-17-13-12-15-10-8-9-11-16(15)20(17)26-27(5,6)21(2,3)4/h8-13,17,20H,7,14H2,1-6H3/t17-,20?/m1/s1. The normalized spacial score (nSPS) is 19.3. The van der Waals surface area contributed by atoms with Crippen LogP contribution in [-0.2, 0) is 23.5 Å². The van der Waals surface area contributed by atoms with Gasteiger partial charge >= 0.3 is 11.9 Å². The molecule has 0 heterocycles. The highest BCUT2D eigenvalue weighted by atomic mass is 28.4. The molecule has 1 unspecified atom stereocenters. The molecule has 0 radical (unpaired) electrons. The van der Waals surface area contributed by atoms with Crippen LogP contribution in [0.25, 0.3) is 6.08 Å². The summed E-state index contributed by atoms with van der Waals surface area (Å²) in [5.41, 5.74) is 2.05. The van der Waals surface area contributed by atoms with Crippen LogP contribution in [0.1, 0.15) is 51.3 Å². The molecule has 1 aromatic carbocycles. The first-order valence-corrected chi connectivity index (χ1v) is 12.3. The summed E-state index contributed by atoms with van der Waals surface area (Å²) in [5.74, 6) is -1.18. The maximum Gasteiger partial charge on any atom is 0.317 e. The maximum atomic E-state index is 12.2. The molecule has 0 N–H and O–H groups in total. The molecule has 27 heavy (non-hydrogen) atoms. The molecule has 2 atom stereocenters. The SMILES string of the molecule is CCOC(=O)CC(=O)O[C@@H]1C=Cc2ccccc2C1O[Si](C)(C)C(C)(C)C. The summed E-state index contributed by atoms with van der Waals surface area (Å²) in [4.78, 5) is 23.8. The number of hydrogen-bond donors (Lipinski definition) is 0. The summed E-state index contributed by atoms with van der Waals surface area (Å²) in [5, 5.41) is 0.0165. The Bertz CT molecular complexity index is 718. The second-order valence-electron chi connectivity index (χ2n) is 8.22. The number of ether oxygens (including phenoxy) is 2. The number of carbonyl (C=O) groups excluding carboxylic acids is 2. The molecule has 1 aliphatic rings. The summed E-state index contributed by atoms with van der Waals surface area (Å²) >= 11 is 0. The molecule has 0 spiro atoms. The van der Waals surface area contributed by atoms with Gasteiger partial charge in [0.2, 0.25) is 0 Å². The van der Waals surface area contributed by atoms with Crippen LogP contribution in [-0.4, -0.2) is 33.0 Å². The average molecular weight is 391 g/mol. The molecule has 0 saturated heterocycles. The summed E-state index contributed by atoms with van der Waals surface area (Å²) in [7, 11) is -2.12. The quantitative estimate of drug-likeness (QED) is 0.402. The second-order valence-corrected chi connectivity index (χ2v) is 13.0. The zero-order chi connectivity index (χ0) is 20.2. The van der Waals surface area contributed by atoms with Crippen molar-refractivity contribution in [3.63, 3.8) is 0 Å². The Morgan fingerprint density at radius 2 is 1.78 bits per heavy atom. The van der Waals surface area contributed by atoms with Crippen molar-refractivity contribution in [3.05, 3.63) is 41.5 Å². The van der Waals surface area contributed by atoms with Gasteiger partial charge in [-0.1, -0.05) is 51.1 Å². The number of benzene rings is 1. The third-order valence-electron chi connectivity index (χ3n) is 5.16.